The Balaban J connectivity index is 1.74. The second-order valence-electron chi connectivity index (χ2n) is 6.52. The third kappa shape index (κ3) is 3.32. The van der Waals surface area contributed by atoms with Gasteiger partial charge in [-0.3, -0.25) is 14.5 Å². The highest BCUT2D eigenvalue weighted by Gasteiger charge is 2.39. The van der Waals surface area contributed by atoms with Gasteiger partial charge in [0.1, 0.15) is 17.3 Å². The third-order valence-corrected chi connectivity index (χ3v) is 4.52. The van der Waals surface area contributed by atoms with Crippen LogP contribution in [0.3, 0.4) is 0 Å². The van der Waals surface area contributed by atoms with E-state index in [9.17, 15) is 14.0 Å². The molecule has 140 valence electrons. The first-order chi connectivity index (χ1) is 13.5. The predicted octanol–water partition coefficient (Wildman–Crippen LogP) is 4.12. The Hall–Kier alpha value is -3.67. The van der Waals surface area contributed by atoms with Crippen LogP contribution in [-0.4, -0.2) is 16.7 Å². The number of furan rings is 1. The van der Waals surface area contributed by atoms with Crippen LogP contribution in [0.4, 0.5) is 10.1 Å². The van der Waals surface area contributed by atoms with Crippen LogP contribution in [0.5, 0.6) is 0 Å². The highest BCUT2D eigenvalue weighted by atomic mass is 19.1. The number of anilines is 1. The van der Waals surface area contributed by atoms with Crippen molar-refractivity contribution in [1.82, 2.24) is 4.90 Å². The zero-order valence-corrected chi connectivity index (χ0v) is 15.1. The smallest absolute Gasteiger partial charge is 0.278 e. The van der Waals surface area contributed by atoms with Gasteiger partial charge in [-0.1, -0.05) is 29.8 Å². The van der Waals surface area contributed by atoms with E-state index in [0.29, 0.717) is 17.0 Å². The Morgan fingerprint density at radius 3 is 2.32 bits per heavy atom. The standard InChI is InChI=1S/C22H17FN2O3/c1-14-4-6-15(7-5-14)19-20(24-17-10-8-16(23)9-11-17)22(27)25(21(19)26)13-18-3-2-12-28-18/h2-12,24H,13H2,1H3. The van der Waals surface area contributed by atoms with Gasteiger partial charge in [-0.05, 0) is 48.9 Å². The molecule has 0 saturated carbocycles. The van der Waals surface area contributed by atoms with Crippen LogP contribution in [0, 0.1) is 12.7 Å². The number of hydrogen-bond donors (Lipinski definition) is 1. The molecule has 4 rings (SSSR count). The van der Waals surface area contributed by atoms with Crippen molar-refractivity contribution in [2.75, 3.05) is 5.32 Å². The molecule has 0 bridgehead atoms. The third-order valence-electron chi connectivity index (χ3n) is 4.52. The highest BCUT2D eigenvalue weighted by molar-refractivity contribution is 6.36. The number of amides is 2. The summed E-state index contributed by atoms with van der Waals surface area (Å²) in [5.74, 6) is -0.740. The second-order valence-corrected chi connectivity index (χ2v) is 6.52. The molecule has 2 amide bonds. The minimum Gasteiger partial charge on any atom is -0.467 e. The Kier molecular flexibility index (Phi) is 4.53. The Morgan fingerprint density at radius 2 is 1.68 bits per heavy atom. The molecule has 2 aromatic carbocycles. The molecule has 1 aliphatic rings. The van der Waals surface area contributed by atoms with E-state index in [-0.39, 0.29) is 23.6 Å². The predicted molar refractivity (Wildman–Crippen MR) is 102 cm³/mol. The van der Waals surface area contributed by atoms with Crippen LogP contribution in [0.25, 0.3) is 5.57 Å². The van der Waals surface area contributed by atoms with Crippen LogP contribution in [0.1, 0.15) is 16.9 Å². The van der Waals surface area contributed by atoms with Crippen LogP contribution >= 0.6 is 0 Å². The maximum atomic E-state index is 13.2. The number of carbonyl (C=O) groups is 2. The quantitative estimate of drug-likeness (QED) is 0.681. The average Bonchev–Trinajstić information content (AvgIpc) is 3.28. The minimum absolute atomic E-state index is 0.0363. The molecule has 0 radical (unpaired) electrons. The molecule has 2 heterocycles. The van der Waals surface area contributed by atoms with Gasteiger partial charge >= 0.3 is 0 Å². The molecule has 6 heteroatoms. The summed E-state index contributed by atoms with van der Waals surface area (Å²) < 4.78 is 18.5. The molecule has 1 aromatic heterocycles. The van der Waals surface area contributed by atoms with Crippen molar-refractivity contribution in [1.29, 1.82) is 0 Å². The number of benzene rings is 2. The van der Waals surface area contributed by atoms with Crippen molar-refractivity contribution in [3.63, 3.8) is 0 Å². The summed E-state index contributed by atoms with van der Waals surface area (Å²) in [4.78, 5) is 27.3. The summed E-state index contributed by atoms with van der Waals surface area (Å²) in [7, 11) is 0. The first kappa shape index (κ1) is 17.7. The van der Waals surface area contributed by atoms with Gasteiger partial charge in [-0.15, -0.1) is 0 Å². The number of imide groups is 1. The number of nitrogens with zero attached hydrogens (tertiary/aromatic N) is 1. The topological polar surface area (TPSA) is 62.6 Å². The number of halogens is 1. The molecule has 3 aromatic rings. The van der Waals surface area contributed by atoms with Crippen molar-refractivity contribution in [2.24, 2.45) is 0 Å². The zero-order chi connectivity index (χ0) is 19.7. The van der Waals surface area contributed by atoms with E-state index in [4.69, 9.17) is 4.42 Å². The number of nitrogens with one attached hydrogen (secondary N) is 1. The zero-order valence-electron chi connectivity index (χ0n) is 15.1. The molecule has 1 N–H and O–H groups in total. The summed E-state index contributed by atoms with van der Waals surface area (Å²) in [6.07, 6.45) is 1.49. The molecular weight excluding hydrogens is 359 g/mol. The molecule has 5 nitrogen and oxygen atoms in total. The summed E-state index contributed by atoms with van der Waals surface area (Å²) in [6.45, 7) is 1.98. The van der Waals surface area contributed by atoms with Crippen molar-refractivity contribution in [3.8, 4) is 0 Å². The van der Waals surface area contributed by atoms with Gasteiger partial charge < -0.3 is 9.73 Å². The lowest BCUT2D eigenvalue weighted by molar-refractivity contribution is -0.137. The highest BCUT2D eigenvalue weighted by Crippen LogP contribution is 2.31. The summed E-state index contributed by atoms with van der Waals surface area (Å²) in [5.41, 5.74) is 2.63. The number of hydrogen-bond acceptors (Lipinski definition) is 4. The minimum atomic E-state index is -0.457. The summed E-state index contributed by atoms with van der Waals surface area (Å²) >= 11 is 0. The van der Waals surface area contributed by atoms with Crippen molar-refractivity contribution in [3.05, 3.63) is 95.3 Å². The first-order valence-electron chi connectivity index (χ1n) is 8.75. The lowest BCUT2D eigenvalue weighted by Crippen LogP contribution is -2.31. The van der Waals surface area contributed by atoms with E-state index in [1.54, 1.807) is 24.3 Å². The van der Waals surface area contributed by atoms with Gasteiger partial charge in [0.2, 0.25) is 0 Å². The normalized spacial score (nSPS) is 14.1. The van der Waals surface area contributed by atoms with E-state index in [1.165, 1.54) is 30.5 Å². The molecule has 0 atom stereocenters. The number of carbonyl (C=O) groups excluding carboxylic acids is 2. The first-order valence-corrected chi connectivity index (χ1v) is 8.75. The molecule has 0 saturated heterocycles. The number of aryl methyl sites for hydroxylation is 1. The fourth-order valence-corrected chi connectivity index (χ4v) is 3.06. The molecule has 0 unspecified atom stereocenters. The van der Waals surface area contributed by atoms with Crippen LogP contribution in [0.15, 0.2) is 77.0 Å². The van der Waals surface area contributed by atoms with Crippen molar-refractivity contribution in [2.45, 2.75) is 13.5 Å². The molecule has 0 fully saturated rings. The van der Waals surface area contributed by atoms with Gasteiger partial charge in [0.25, 0.3) is 11.8 Å². The van der Waals surface area contributed by atoms with Gasteiger partial charge in [0.05, 0.1) is 18.4 Å². The molecule has 0 aliphatic carbocycles. The Bertz CT molecular complexity index is 1050. The second kappa shape index (κ2) is 7.15. The molecule has 28 heavy (non-hydrogen) atoms. The largest absolute Gasteiger partial charge is 0.467 e. The fourth-order valence-electron chi connectivity index (χ4n) is 3.06. The lowest BCUT2D eigenvalue weighted by Gasteiger charge is -2.13. The monoisotopic (exact) mass is 376 g/mol. The van der Waals surface area contributed by atoms with E-state index in [1.807, 2.05) is 19.1 Å². The van der Waals surface area contributed by atoms with Crippen LogP contribution < -0.4 is 5.32 Å². The van der Waals surface area contributed by atoms with Crippen LogP contribution in [0.2, 0.25) is 0 Å². The summed E-state index contributed by atoms with van der Waals surface area (Å²) in [6, 6.07) is 16.4. The Labute approximate surface area is 161 Å². The molecule has 1 aliphatic heterocycles. The SMILES string of the molecule is Cc1ccc(C2=C(Nc3ccc(F)cc3)C(=O)N(Cc3ccco3)C2=O)cc1. The maximum absolute atomic E-state index is 13.2. The summed E-state index contributed by atoms with van der Waals surface area (Å²) in [5, 5.41) is 2.99. The average molecular weight is 376 g/mol. The van der Waals surface area contributed by atoms with E-state index < -0.39 is 11.8 Å². The number of rotatable bonds is 5. The van der Waals surface area contributed by atoms with Crippen molar-refractivity contribution >= 4 is 23.1 Å². The lowest BCUT2D eigenvalue weighted by atomic mass is 10.0. The van der Waals surface area contributed by atoms with Gasteiger partial charge in [0, 0.05) is 5.69 Å². The van der Waals surface area contributed by atoms with E-state index >= 15 is 0 Å². The van der Waals surface area contributed by atoms with Gasteiger partial charge in [-0.25, -0.2) is 4.39 Å². The Morgan fingerprint density at radius 1 is 0.964 bits per heavy atom. The maximum Gasteiger partial charge on any atom is 0.278 e. The van der Waals surface area contributed by atoms with Crippen molar-refractivity contribution < 1.29 is 18.4 Å². The molecular formula is C22H17FN2O3. The van der Waals surface area contributed by atoms with E-state index in [2.05, 4.69) is 5.32 Å². The van der Waals surface area contributed by atoms with Crippen LogP contribution in [-0.2, 0) is 16.1 Å². The fraction of sp³-hybridized carbons (Fsp3) is 0.0909. The molecule has 0 spiro atoms. The van der Waals surface area contributed by atoms with Gasteiger partial charge in [-0.2, -0.15) is 0 Å². The van der Waals surface area contributed by atoms with Gasteiger partial charge in [0.15, 0.2) is 0 Å². The van der Waals surface area contributed by atoms with E-state index in [0.717, 1.165) is 10.5 Å².